The van der Waals surface area contributed by atoms with Crippen LogP contribution in [0.25, 0.3) is 10.1 Å². The smallest absolute Gasteiger partial charge is 0.263 e. The highest BCUT2D eigenvalue weighted by Gasteiger charge is 2.17. The fourth-order valence-corrected chi connectivity index (χ4v) is 4.43. The molecule has 0 atom stereocenters. The minimum absolute atomic E-state index is 0.158. The van der Waals surface area contributed by atoms with Gasteiger partial charge in [0.2, 0.25) is 0 Å². The molecule has 0 aliphatic rings. The second-order valence-corrected chi connectivity index (χ2v) is 8.09. The van der Waals surface area contributed by atoms with E-state index < -0.39 is 0 Å². The van der Waals surface area contributed by atoms with Gasteiger partial charge >= 0.3 is 0 Å². The number of fused-ring (bicyclic) bond motifs is 1. The average Bonchev–Trinajstić information content (AvgIpc) is 2.89. The van der Waals surface area contributed by atoms with Crippen LogP contribution in [0.15, 0.2) is 42.5 Å². The predicted molar refractivity (Wildman–Crippen MR) is 106 cm³/mol. The highest BCUT2D eigenvalue weighted by molar-refractivity contribution is 7.21. The van der Waals surface area contributed by atoms with Crippen LogP contribution in [0.1, 0.15) is 20.8 Å². The number of amides is 1. The van der Waals surface area contributed by atoms with Crippen LogP contribution in [-0.4, -0.2) is 20.0 Å². The molecular formula is C19H19Cl2N2OS+. The van der Waals surface area contributed by atoms with Crippen molar-refractivity contribution in [3.63, 3.8) is 0 Å². The lowest BCUT2D eigenvalue weighted by Crippen LogP contribution is -3.04. The normalized spacial score (nSPS) is 11.2. The van der Waals surface area contributed by atoms with Gasteiger partial charge in [-0.2, -0.15) is 0 Å². The summed E-state index contributed by atoms with van der Waals surface area (Å²) >= 11 is 13.8. The van der Waals surface area contributed by atoms with E-state index in [1.54, 1.807) is 6.07 Å². The summed E-state index contributed by atoms with van der Waals surface area (Å²) in [5.74, 6) is -0.158. The van der Waals surface area contributed by atoms with Crippen LogP contribution in [0, 0.1) is 0 Å². The summed E-state index contributed by atoms with van der Waals surface area (Å²) in [5, 5.41) is 4.97. The topological polar surface area (TPSA) is 33.5 Å². The van der Waals surface area contributed by atoms with Gasteiger partial charge in [0, 0.05) is 27.2 Å². The van der Waals surface area contributed by atoms with Crippen molar-refractivity contribution in [2.75, 3.05) is 14.1 Å². The van der Waals surface area contributed by atoms with Gasteiger partial charge in [0.05, 0.1) is 19.1 Å². The maximum atomic E-state index is 12.6. The molecule has 3 aromatic rings. The first-order chi connectivity index (χ1) is 12.0. The third-order valence-electron chi connectivity index (χ3n) is 3.90. The number of quaternary nitrogens is 1. The fraction of sp³-hybridized carbons (Fsp3) is 0.211. The number of carbonyl (C=O) groups excluding carboxylic acids is 1. The third kappa shape index (κ3) is 4.15. The van der Waals surface area contributed by atoms with Crippen molar-refractivity contribution in [3.8, 4) is 0 Å². The van der Waals surface area contributed by atoms with Crippen LogP contribution in [0.3, 0.4) is 0 Å². The number of carbonyl (C=O) groups is 1. The zero-order valence-corrected chi connectivity index (χ0v) is 16.4. The van der Waals surface area contributed by atoms with Crippen molar-refractivity contribution in [2.24, 2.45) is 0 Å². The first-order valence-corrected chi connectivity index (χ1v) is 9.54. The number of hydrogen-bond acceptors (Lipinski definition) is 2. The molecule has 0 saturated carbocycles. The van der Waals surface area contributed by atoms with Crippen LogP contribution in [-0.2, 0) is 13.1 Å². The SMILES string of the molecule is C[NH+](C)Cc1ccccc1CNC(=O)c1sc2cc(Cl)ccc2c1Cl. The Balaban J connectivity index is 1.79. The minimum atomic E-state index is -0.158. The molecule has 1 amide bonds. The fourth-order valence-electron chi connectivity index (χ4n) is 2.72. The number of hydrogen-bond donors (Lipinski definition) is 2. The molecule has 25 heavy (non-hydrogen) atoms. The first kappa shape index (κ1) is 18.2. The standard InChI is InChI=1S/C19H18Cl2N2OS/c1-23(2)11-13-6-4-3-5-12(13)10-22-19(24)18-17(21)15-8-7-14(20)9-16(15)25-18/h3-9H,10-11H2,1-2H3,(H,22,24)/p+1. The van der Waals surface area contributed by atoms with Crippen molar-refractivity contribution in [1.82, 2.24) is 5.32 Å². The van der Waals surface area contributed by atoms with Crippen LogP contribution >= 0.6 is 34.5 Å². The molecular weight excluding hydrogens is 375 g/mol. The maximum absolute atomic E-state index is 12.6. The van der Waals surface area contributed by atoms with E-state index in [9.17, 15) is 4.79 Å². The van der Waals surface area contributed by atoms with Crippen LogP contribution in [0.5, 0.6) is 0 Å². The Kier molecular flexibility index (Phi) is 5.64. The van der Waals surface area contributed by atoms with Gasteiger partial charge in [0.1, 0.15) is 11.4 Å². The number of halogens is 2. The molecule has 3 nitrogen and oxygen atoms in total. The molecule has 0 aliphatic carbocycles. The predicted octanol–water partition coefficient (Wildman–Crippen LogP) is 3.78. The molecule has 0 spiro atoms. The average molecular weight is 394 g/mol. The van der Waals surface area contributed by atoms with Gasteiger partial charge in [-0.15, -0.1) is 11.3 Å². The summed E-state index contributed by atoms with van der Waals surface area (Å²) in [7, 11) is 4.22. The number of benzene rings is 2. The Morgan fingerprint density at radius 3 is 2.56 bits per heavy atom. The zero-order chi connectivity index (χ0) is 18.0. The molecule has 3 rings (SSSR count). The van der Waals surface area contributed by atoms with E-state index in [-0.39, 0.29) is 5.91 Å². The molecule has 0 bridgehead atoms. The summed E-state index contributed by atoms with van der Waals surface area (Å²) in [5.41, 5.74) is 2.36. The maximum Gasteiger partial charge on any atom is 0.263 e. The van der Waals surface area contributed by atoms with Gasteiger partial charge < -0.3 is 10.2 Å². The van der Waals surface area contributed by atoms with Gasteiger partial charge in [-0.25, -0.2) is 0 Å². The van der Waals surface area contributed by atoms with Gasteiger partial charge in [-0.3, -0.25) is 4.79 Å². The lowest BCUT2D eigenvalue weighted by atomic mass is 10.1. The molecule has 0 saturated heterocycles. The molecule has 0 radical (unpaired) electrons. The molecule has 6 heteroatoms. The Hall–Kier alpha value is -1.59. The molecule has 0 fully saturated rings. The van der Waals surface area contributed by atoms with Crippen molar-refractivity contribution in [3.05, 3.63) is 68.5 Å². The minimum Gasteiger partial charge on any atom is -0.347 e. The van der Waals surface area contributed by atoms with E-state index in [4.69, 9.17) is 23.2 Å². The third-order valence-corrected chi connectivity index (χ3v) is 5.79. The monoisotopic (exact) mass is 393 g/mol. The van der Waals surface area contributed by atoms with Crippen molar-refractivity contribution in [2.45, 2.75) is 13.1 Å². The van der Waals surface area contributed by atoms with E-state index in [0.717, 1.165) is 22.2 Å². The second kappa shape index (κ2) is 7.75. The molecule has 1 heterocycles. The van der Waals surface area contributed by atoms with E-state index >= 15 is 0 Å². The highest BCUT2D eigenvalue weighted by Crippen LogP contribution is 2.36. The Bertz CT molecular complexity index is 921. The van der Waals surface area contributed by atoms with E-state index in [1.165, 1.54) is 21.8 Å². The quantitative estimate of drug-likeness (QED) is 0.679. The van der Waals surface area contributed by atoms with Gasteiger partial charge in [-0.05, 0) is 17.7 Å². The van der Waals surface area contributed by atoms with Crippen molar-refractivity contribution < 1.29 is 9.69 Å². The number of nitrogens with one attached hydrogen (secondary N) is 2. The number of thiophene rings is 1. The van der Waals surface area contributed by atoms with Crippen LogP contribution in [0.4, 0.5) is 0 Å². The van der Waals surface area contributed by atoms with Gasteiger partial charge in [0.25, 0.3) is 5.91 Å². The molecule has 2 N–H and O–H groups in total. The molecule has 0 aliphatic heterocycles. The molecule has 1 aromatic heterocycles. The lowest BCUT2D eigenvalue weighted by Gasteiger charge is -2.12. The van der Waals surface area contributed by atoms with Crippen molar-refractivity contribution >= 4 is 50.5 Å². The molecule has 130 valence electrons. The summed E-state index contributed by atoms with van der Waals surface area (Å²) in [6.07, 6.45) is 0. The first-order valence-electron chi connectivity index (χ1n) is 7.97. The lowest BCUT2D eigenvalue weighted by molar-refractivity contribution is -0.872. The van der Waals surface area contributed by atoms with Crippen LogP contribution < -0.4 is 10.2 Å². The van der Waals surface area contributed by atoms with E-state index in [2.05, 4.69) is 25.5 Å². The zero-order valence-electron chi connectivity index (χ0n) is 14.0. The Morgan fingerprint density at radius 2 is 1.84 bits per heavy atom. The Morgan fingerprint density at radius 1 is 1.12 bits per heavy atom. The largest absolute Gasteiger partial charge is 0.347 e. The van der Waals surface area contributed by atoms with Crippen LogP contribution in [0.2, 0.25) is 10.0 Å². The summed E-state index contributed by atoms with van der Waals surface area (Å²) < 4.78 is 0.916. The van der Waals surface area contributed by atoms with Gasteiger partial charge in [0.15, 0.2) is 0 Å². The van der Waals surface area contributed by atoms with Gasteiger partial charge in [-0.1, -0.05) is 53.5 Å². The molecule has 2 aromatic carbocycles. The Labute approximate surface area is 161 Å². The number of rotatable bonds is 5. The second-order valence-electron chi connectivity index (χ2n) is 6.22. The summed E-state index contributed by atoms with van der Waals surface area (Å²) in [6.45, 7) is 1.39. The van der Waals surface area contributed by atoms with Crippen molar-refractivity contribution in [1.29, 1.82) is 0 Å². The van der Waals surface area contributed by atoms with E-state index in [1.807, 2.05) is 30.3 Å². The highest BCUT2D eigenvalue weighted by atomic mass is 35.5. The summed E-state index contributed by atoms with van der Waals surface area (Å²) in [6, 6.07) is 13.6. The summed E-state index contributed by atoms with van der Waals surface area (Å²) in [4.78, 5) is 14.5. The van der Waals surface area contributed by atoms with E-state index in [0.29, 0.717) is 21.5 Å². The molecule has 0 unspecified atom stereocenters.